The number of hydrogen-bond acceptors (Lipinski definition) is 4. The predicted octanol–water partition coefficient (Wildman–Crippen LogP) is 3.18. The fraction of sp³-hybridized carbons (Fsp3) is 0.304. The number of amides is 1. The van der Waals surface area contributed by atoms with Crippen LogP contribution in [0.5, 0.6) is 0 Å². The van der Waals surface area contributed by atoms with Gasteiger partial charge in [0.2, 0.25) is 10.0 Å². The molecule has 1 amide bonds. The summed E-state index contributed by atoms with van der Waals surface area (Å²) in [6.07, 6.45) is 5.79. The highest BCUT2D eigenvalue weighted by molar-refractivity contribution is 7.89. The number of nitrogens with one attached hydrogen (secondary N) is 1. The number of hydrogen-bond donors (Lipinski definition) is 1. The Hall–Kier alpha value is -3.13. The summed E-state index contributed by atoms with van der Waals surface area (Å²) < 4.78 is 28.9. The molecule has 5 rings (SSSR count). The Morgan fingerprint density at radius 3 is 2.61 bits per heavy atom. The van der Waals surface area contributed by atoms with Crippen molar-refractivity contribution < 1.29 is 13.2 Å². The predicted molar refractivity (Wildman–Crippen MR) is 121 cm³/mol. The first-order chi connectivity index (χ1) is 14.9. The molecule has 8 heteroatoms. The van der Waals surface area contributed by atoms with E-state index in [9.17, 15) is 13.2 Å². The van der Waals surface area contributed by atoms with E-state index in [0.29, 0.717) is 24.4 Å². The Bertz CT molecular complexity index is 1380. The van der Waals surface area contributed by atoms with Gasteiger partial charge >= 0.3 is 0 Å². The normalized spacial score (nSPS) is 14.4. The summed E-state index contributed by atoms with van der Waals surface area (Å²) in [6, 6.07) is 15.1. The molecule has 0 saturated heterocycles. The number of rotatable bonds is 7. The smallest absolute Gasteiger partial charge is 0.269 e. The van der Waals surface area contributed by atoms with Crippen molar-refractivity contribution in [1.82, 2.24) is 18.8 Å². The van der Waals surface area contributed by atoms with Crippen molar-refractivity contribution in [2.45, 2.75) is 25.8 Å². The largest absolute Gasteiger partial charge is 0.350 e. The van der Waals surface area contributed by atoms with Crippen molar-refractivity contribution in [1.29, 1.82) is 0 Å². The Kier molecular flexibility index (Phi) is 4.81. The van der Waals surface area contributed by atoms with Gasteiger partial charge in [-0.05, 0) is 43.0 Å². The molecule has 0 bridgehead atoms. The lowest BCUT2D eigenvalue weighted by atomic mass is 10.2. The Morgan fingerprint density at radius 1 is 1.13 bits per heavy atom. The summed E-state index contributed by atoms with van der Waals surface area (Å²) >= 11 is 0. The molecule has 1 N–H and O–H groups in total. The van der Waals surface area contributed by atoms with Gasteiger partial charge in [0.15, 0.2) is 0 Å². The SMILES string of the molecule is CS(=O)(=O)n1c(C(=O)NCCc2ccccn2)cc2c1c1ccccc1n2CC1CC1. The molecule has 0 unspecified atom stereocenters. The Morgan fingerprint density at radius 2 is 1.90 bits per heavy atom. The van der Waals surface area contributed by atoms with Crippen LogP contribution in [0.2, 0.25) is 0 Å². The highest BCUT2D eigenvalue weighted by Gasteiger charge is 2.29. The maximum Gasteiger partial charge on any atom is 0.269 e. The number of carbonyl (C=O) groups is 1. The molecule has 7 nitrogen and oxygen atoms in total. The van der Waals surface area contributed by atoms with E-state index in [0.717, 1.165) is 34.9 Å². The van der Waals surface area contributed by atoms with Crippen molar-refractivity contribution in [2.24, 2.45) is 5.92 Å². The number of carbonyl (C=O) groups excluding carboxylic acids is 1. The van der Waals surface area contributed by atoms with E-state index in [1.807, 2.05) is 42.5 Å². The molecule has 3 heterocycles. The van der Waals surface area contributed by atoms with Gasteiger partial charge in [0.05, 0.1) is 22.8 Å². The second-order valence-electron chi connectivity index (χ2n) is 8.19. The monoisotopic (exact) mass is 436 g/mol. The van der Waals surface area contributed by atoms with Crippen LogP contribution in [0.25, 0.3) is 21.9 Å². The van der Waals surface area contributed by atoms with Crippen LogP contribution in [0.15, 0.2) is 54.7 Å². The minimum atomic E-state index is -3.70. The molecule has 1 saturated carbocycles. The Labute approximate surface area is 180 Å². The summed E-state index contributed by atoms with van der Waals surface area (Å²) in [7, 11) is -3.70. The first-order valence-corrected chi connectivity index (χ1v) is 12.3. The van der Waals surface area contributed by atoms with Crippen molar-refractivity contribution >= 4 is 37.9 Å². The highest BCUT2D eigenvalue weighted by Crippen LogP contribution is 2.37. The van der Waals surface area contributed by atoms with Gasteiger partial charge < -0.3 is 9.88 Å². The summed E-state index contributed by atoms with van der Waals surface area (Å²) in [5, 5.41) is 3.70. The van der Waals surface area contributed by atoms with Gasteiger partial charge in [-0.25, -0.2) is 12.4 Å². The number of pyridine rings is 1. The van der Waals surface area contributed by atoms with Crippen LogP contribution in [-0.4, -0.2) is 40.6 Å². The maximum absolute atomic E-state index is 13.0. The molecule has 1 aromatic carbocycles. The molecule has 4 aromatic rings. The first-order valence-electron chi connectivity index (χ1n) is 10.4. The standard InChI is InChI=1S/C23H24N4O3S/c1-31(29,30)27-21(23(28)25-13-11-17-6-4-5-12-24-17)14-20-22(27)18-7-2-3-8-19(18)26(20)15-16-9-10-16/h2-8,12,14,16H,9-11,13,15H2,1H3,(H,25,28). The molecule has 0 radical (unpaired) electrons. The summed E-state index contributed by atoms with van der Waals surface area (Å²) in [5.41, 5.74) is 3.37. The zero-order valence-corrected chi connectivity index (χ0v) is 18.1. The third-order valence-corrected chi connectivity index (χ3v) is 6.82. The molecule has 31 heavy (non-hydrogen) atoms. The average Bonchev–Trinajstić information content (AvgIpc) is 3.40. The average molecular weight is 437 g/mol. The van der Waals surface area contributed by atoms with Crippen molar-refractivity contribution in [3.8, 4) is 0 Å². The number of benzene rings is 1. The number of nitrogens with zero attached hydrogens (tertiary/aromatic N) is 3. The van der Waals surface area contributed by atoms with Crippen molar-refractivity contribution in [3.05, 3.63) is 66.1 Å². The minimum Gasteiger partial charge on any atom is -0.350 e. The third kappa shape index (κ3) is 3.72. The van der Waals surface area contributed by atoms with Gasteiger partial charge in [0.25, 0.3) is 5.91 Å². The summed E-state index contributed by atoms with van der Waals surface area (Å²) in [5.74, 6) is 0.204. The molecule has 1 aliphatic carbocycles. The quantitative estimate of drug-likeness (QED) is 0.482. The third-order valence-electron chi connectivity index (χ3n) is 5.77. The van der Waals surface area contributed by atoms with Crippen LogP contribution >= 0.6 is 0 Å². The van der Waals surface area contributed by atoms with Crippen LogP contribution in [0, 0.1) is 5.92 Å². The van der Waals surface area contributed by atoms with Gasteiger partial charge in [-0.3, -0.25) is 9.78 Å². The zero-order chi connectivity index (χ0) is 21.6. The lowest BCUT2D eigenvalue weighted by Gasteiger charge is -2.09. The lowest BCUT2D eigenvalue weighted by molar-refractivity contribution is 0.0948. The summed E-state index contributed by atoms with van der Waals surface area (Å²) in [4.78, 5) is 17.3. The fourth-order valence-electron chi connectivity index (χ4n) is 4.17. The first kappa shape index (κ1) is 19.8. The van der Waals surface area contributed by atoms with Gasteiger partial charge in [-0.2, -0.15) is 0 Å². The van der Waals surface area contributed by atoms with Gasteiger partial charge in [0, 0.05) is 36.8 Å². The number of aromatic nitrogens is 3. The molecule has 160 valence electrons. The van der Waals surface area contributed by atoms with Crippen molar-refractivity contribution in [2.75, 3.05) is 12.8 Å². The molecule has 1 fully saturated rings. The molecule has 3 aromatic heterocycles. The molecule has 0 atom stereocenters. The van der Waals surface area contributed by atoms with E-state index in [4.69, 9.17) is 0 Å². The second-order valence-corrected chi connectivity index (χ2v) is 10.0. The van der Waals surface area contributed by atoms with Crippen LogP contribution in [0.1, 0.15) is 29.0 Å². The van der Waals surface area contributed by atoms with Gasteiger partial charge in [0.1, 0.15) is 5.69 Å². The molecule has 1 aliphatic rings. The van der Waals surface area contributed by atoms with Gasteiger partial charge in [-0.15, -0.1) is 0 Å². The fourth-order valence-corrected chi connectivity index (χ4v) is 5.19. The van der Waals surface area contributed by atoms with Crippen molar-refractivity contribution in [3.63, 3.8) is 0 Å². The van der Waals surface area contributed by atoms with Crippen LogP contribution in [-0.2, 0) is 23.0 Å². The molecule has 0 aliphatic heterocycles. The number of para-hydroxylation sites is 1. The van der Waals surface area contributed by atoms with E-state index in [1.165, 1.54) is 16.8 Å². The van der Waals surface area contributed by atoms with Crippen LogP contribution < -0.4 is 5.32 Å². The van der Waals surface area contributed by atoms with E-state index in [2.05, 4.69) is 14.9 Å². The van der Waals surface area contributed by atoms with E-state index in [1.54, 1.807) is 12.3 Å². The molecule has 0 spiro atoms. The summed E-state index contributed by atoms with van der Waals surface area (Å²) in [6.45, 7) is 1.20. The zero-order valence-electron chi connectivity index (χ0n) is 17.3. The number of fused-ring (bicyclic) bond motifs is 3. The second kappa shape index (κ2) is 7.53. The molecular weight excluding hydrogens is 412 g/mol. The van der Waals surface area contributed by atoms with E-state index >= 15 is 0 Å². The topological polar surface area (TPSA) is 86.0 Å². The molecular formula is C23H24N4O3S. The Balaban J connectivity index is 1.57. The van der Waals surface area contributed by atoms with Gasteiger partial charge in [-0.1, -0.05) is 24.3 Å². The van der Waals surface area contributed by atoms with Crippen LogP contribution in [0.3, 0.4) is 0 Å². The minimum absolute atomic E-state index is 0.142. The lowest BCUT2D eigenvalue weighted by Crippen LogP contribution is -2.29. The maximum atomic E-state index is 13.0. The van der Waals surface area contributed by atoms with E-state index < -0.39 is 15.9 Å². The van der Waals surface area contributed by atoms with E-state index in [-0.39, 0.29) is 5.69 Å². The van der Waals surface area contributed by atoms with Crippen LogP contribution in [0.4, 0.5) is 0 Å². The highest BCUT2D eigenvalue weighted by atomic mass is 32.2.